The van der Waals surface area contributed by atoms with Crippen molar-refractivity contribution in [3.63, 3.8) is 0 Å². The van der Waals surface area contributed by atoms with Crippen molar-refractivity contribution in [1.29, 1.82) is 0 Å². The van der Waals surface area contributed by atoms with Gasteiger partial charge in [-0.3, -0.25) is 0 Å². The van der Waals surface area contributed by atoms with Crippen molar-refractivity contribution in [3.05, 3.63) is 29.8 Å². The Kier molecular flexibility index (Phi) is 14.6. The Balaban J connectivity index is 0.000000769. The van der Waals surface area contributed by atoms with Crippen LogP contribution in [0.2, 0.25) is 0 Å². The minimum absolute atomic E-state index is 0.384. The average Bonchev–Trinajstić information content (AvgIpc) is 2.68. The number of carboxylic acids is 2. The van der Waals surface area contributed by atoms with Crippen LogP contribution in [0.15, 0.2) is 29.2 Å². The molecule has 0 heterocycles. The molecule has 8 heteroatoms. The molecule has 158 valence electrons. The van der Waals surface area contributed by atoms with E-state index in [1.807, 2.05) is 18.8 Å². The molecule has 0 atom stereocenters. The van der Waals surface area contributed by atoms with Gasteiger partial charge in [0.25, 0.3) is 0 Å². The van der Waals surface area contributed by atoms with Crippen LogP contribution in [0.5, 0.6) is 11.5 Å². The number of benzene rings is 1. The van der Waals surface area contributed by atoms with Crippen LogP contribution in [0, 0.1) is 0 Å². The quantitative estimate of drug-likeness (QED) is 0.305. The first-order chi connectivity index (χ1) is 13.4. The lowest BCUT2D eigenvalue weighted by atomic mass is 10.1. The normalized spacial score (nSPS) is 10.3. The van der Waals surface area contributed by atoms with Gasteiger partial charge in [-0.05, 0) is 62.0 Å². The Labute approximate surface area is 171 Å². The third-order valence-electron chi connectivity index (χ3n) is 3.57. The second kappa shape index (κ2) is 15.8. The highest BCUT2D eigenvalue weighted by Gasteiger charge is 2.11. The number of unbranched alkanes of at least 4 members (excludes halogenated alkanes) is 2. The number of rotatable bonds is 12. The SMILES string of the molecule is CCCCCSc1cc(OC)c(CCNC)cc1OC.O=C([O-])/C=C\C(=O)[O-]. The van der Waals surface area contributed by atoms with E-state index >= 15 is 0 Å². The van der Waals surface area contributed by atoms with E-state index in [1.165, 1.54) is 29.7 Å². The number of ether oxygens (including phenoxy) is 2. The van der Waals surface area contributed by atoms with Crippen LogP contribution in [0.25, 0.3) is 0 Å². The van der Waals surface area contributed by atoms with E-state index in [0.717, 1.165) is 30.2 Å². The molecule has 0 unspecified atom stereocenters. The summed E-state index contributed by atoms with van der Waals surface area (Å²) in [5.41, 5.74) is 1.19. The maximum Gasteiger partial charge on any atom is 0.132 e. The molecule has 0 radical (unpaired) electrons. The zero-order valence-corrected chi connectivity index (χ0v) is 17.7. The molecule has 1 rings (SSSR count). The minimum atomic E-state index is -1.55. The standard InChI is InChI=1S/C16H27NO2S.C4H4O4/c1-5-6-7-10-20-16-12-14(18-3)13(8-9-17-2)11-15(16)19-4;5-3(6)1-2-4(7)8/h11-12,17H,5-10H2,1-4H3;1-2H,(H,5,6)(H,7,8)/p-2/b;2-1-. The summed E-state index contributed by atoms with van der Waals surface area (Å²) >= 11 is 1.85. The van der Waals surface area contributed by atoms with Gasteiger partial charge >= 0.3 is 0 Å². The number of carboxylic acid groups (broad SMARTS) is 2. The van der Waals surface area contributed by atoms with Crippen molar-refractivity contribution in [2.45, 2.75) is 37.5 Å². The first-order valence-electron chi connectivity index (χ1n) is 9.01. The molecular weight excluding hydrogens is 382 g/mol. The molecule has 0 saturated heterocycles. The zero-order valence-electron chi connectivity index (χ0n) is 16.9. The van der Waals surface area contributed by atoms with Crippen LogP contribution < -0.4 is 25.0 Å². The highest BCUT2D eigenvalue weighted by Crippen LogP contribution is 2.36. The molecule has 0 saturated carbocycles. The molecule has 0 aliphatic carbocycles. The van der Waals surface area contributed by atoms with Gasteiger partial charge in [-0.1, -0.05) is 19.8 Å². The third kappa shape index (κ3) is 11.5. The molecule has 7 nitrogen and oxygen atoms in total. The smallest absolute Gasteiger partial charge is 0.132 e. The number of thioether (sulfide) groups is 1. The number of hydrogen-bond acceptors (Lipinski definition) is 8. The number of aliphatic carboxylic acids is 2. The summed E-state index contributed by atoms with van der Waals surface area (Å²) in [6.45, 7) is 3.16. The summed E-state index contributed by atoms with van der Waals surface area (Å²) in [6, 6.07) is 4.22. The first kappa shape index (κ1) is 25.8. The summed E-state index contributed by atoms with van der Waals surface area (Å²) in [6.07, 6.45) is 5.49. The number of methoxy groups -OCH3 is 2. The van der Waals surface area contributed by atoms with E-state index in [-0.39, 0.29) is 0 Å². The van der Waals surface area contributed by atoms with E-state index in [9.17, 15) is 19.8 Å². The molecule has 0 bridgehead atoms. The van der Waals surface area contributed by atoms with Crippen molar-refractivity contribution >= 4 is 23.7 Å². The topological polar surface area (TPSA) is 111 Å². The highest BCUT2D eigenvalue weighted by molar-refractivity contribution is 7.99. The van der Waals surface area contributed by atoms with Crippen LogP contribution >= 0.6 is 11.8 Å². The number of carbonyl (C=O) groups excluding carboxylic acids is 2. The molecule has 28 heavy (non-hydrogen) atoms. The van der Waals surface area contributed by atoms with E-state index in [4.69, 9.17) is 9.47 Å². The van der Waals surface area contributed by atoms with Crippen molar-refractivity contribution in [1.82, 2.24) is 5.32 Å². The Bertz CT molecular complexity index is 617. The summed E-state index contributed by atoms with van der Waals surface area (Å²) in [5, 5.41) is 22.0. The number of carbonyl (C=O) groups is 2. The lowest BCUT2D eigenvalue weighted by Crippen LogP contribution is -2.23. The second-order valence-electron chi connectivity index (χ2n) is 5.70. The maximum absolute atomic E-state index is 9.41. The monoisotopic (exact) mass is 411 g/mol. The van der Waals surface area contributed by atoms with Gasteiger partial charge in [0.1, 0.15) is 11.5 Å². The Morgan fingerprint density at radius 2 is 1.68 bits per heavy atom. The predicted octanol–water partition coefficient (Wildman–Crippen LogP) is 0.790. The fourth-order valence-corrected chi connectivity index (χ4v) is 3.21. The van der Waals surface area contributed by atoms with Gasteiger partial charge < -0.3 is 34.6 Å². The molecule has 1 N–H and O–H groups in total. The Hall–Kier alpha value is -2.19. The maximum atomic E-state index is 9.41. The summed E-state index contributed by atoms with van der Waals surface area (Å²) in [4.78, 5) is 20.0. The van der Waals surface area contributed by atoms with E-state index in [2.05, 4.69) is 24.4 Å². The van der Waals surface area contributed by atoms with Gasteiger partial charge in [0.05, 0.1) is 31.1 Å². The van der Waals surface area contributed by atoms with Crippen molar-refractivity contribution in [3.8, 4) is 11.5 Å². The first-order valence-corrected chi connectivity index (χ1v) is 10.00. The van der Waals surface area contributed by atoms with Crippen LogP contribution in [0.4, 0.5) is 0 Å². The number of likely N-dealkylation sites (N-methyl/N-ethyl adjacent to an activating group) is 1. The summed E-state index contributed by atoms with van der Waals surface area (Å²) < 4.78 is 11.0. The third-order valence-corrected chi connectivity index (χ3v) is 4.69. The lowest BCUT2D eigenvalue weighted by molar-refractivity contribution is -0.301. The molecule has 0 aliphatic rings. The Morgan fingerprint density at radius 3 is 2.14 bits per heavy atom. The van der Waals surface area contributed by atoms with Gasteiger partial charge in [-0.2, -0.15) is 0 Å². The predicted molar refractivity (Wildman–Crippen MR) is 107 cm³/mol. The zero-order chi connectivity index (χ0) is 21.4. The summed E-state index contributed by atoms with van der Waals surface area (Å²) in [5.74, 6) is -0.0516. The van der Waals surface area contributed by atoms with Gasteiger partial charge in [0.2, 0.25) is 0 Å². The molecule has 0 aliphatic heterocycles. The average molecular weight is 412 g/mol. The fourth-order valence-electron chi connectivity index (χ4n) is 2.17. The molecule has 1 aromatic carbocycles. The van der Waals surface area contributed by atoms with Gasteiger partial charge in [0.15, 0.2) is 0 Å². The molecule has 0 amide bonds. The van der Waals surface area contributed by atoms with E-state index < -0.39 is 11.9 Å². The number of hydrogen-bond donors (Lipinski definition) is 1. The van der Waals surface area contributed by atoms with Crippen molar-refractivity contribution < 1.29 is 29.3 Å². The van der Waals surface area contributed by atoms with Crippen LogP contribution in [-0.2, 0) is 16.0 Å². The molecule has 0 aromatic heterocycles. The second-order valence-corrected chi connectivity index (χ2v) is 6.83. The van der Waals surface area contributed by atoms with Crippen molar-refractivity contribution in [2.75, 3.05) is 33.6 Å². The number of nitrogens with one attached hydrogen (secondary N) is 1. The van der Waals surface area contributed by atoms with Crippen LogP contribution in [0.3, 0.4) is 0 Å². The minimum Gasteiger partial charge on any atom is -0.545 e. The molecule has 0 fully saturated rings. The van der Waals surface area contributed by atoms with Crippen LogP contribution in [-0.4, -0.2) is 45.5 Å². The molecular formula is C20H29NO6S-2. The molecule has 0 spiro atoms. The summed E-state index contributed by atoms with van der Waals surface area (Å²) in [7, 11) is 5.43. The fraction of sp³-hybridized carbons (Fsp3) is 0.500. The van der Waals surface area contributed by atoms with E-state index in [1.54, 1.807) is 14.2 Å². The van der Waals surface area contributed by atoms with E-state index in [0.29, 0.717) is 12.2 Å². The van der Waals surface area contributed by atoms with Gasteiger partial charge in [0, 0.05) is 0 Å². The van der Waals surface area contributed by atoms with Gasteiger partial charge in [-0.15, -0.1) is 11.8 Å². The Morgan fingerprint density at radius 1 is 1.07 bits per heavy atom. The van der Waals surface area contributed by atoms with Crippen molar-refractivity contribution in [2.24, 2.45) is 0 Å². The largest absolute Gasteiger partial charge is 0.545 e. The highest BCUT2D eigenvalue weighted by atomic mass is 32.2. The molecule has 1 aromatic rings. The van der Waals surface area contributed by atoms with Crippen LogP contribution in [0.1, 0.15) is 31.7 Å². The lowest BCUT2D eigenvalue weighted by Gasteiger charge is -2.14. The van der Waals surface area contributed by atoms with Gasteiger partial charge in [-0.25, -0.2) is 0 Å².